The summed E-state index contributed by atoms with van der Waals surface area (Å²) in [4.78, 5) is 25.5. The second-order valence-corrected chi connectivity index (χ2v) is 5.87. The molecular weight excluding hydrogens is 324 g/mol. The Bertz CT molecular complexity index is 1050. The summed E-state index contributed by atoms with van der Waals surface area (Å²) in [6, 6.07) is 17.2. The number of carbonyl (C=O) groups excluding carboxylic acids is 1. The smallest absolute Gasteiger partial charge is 0.270 e. The summed E-state index contributed by atoms with van der Waals surface area (Å²) in [5.41, 5.74) is 3.93. The topological polar surface area (TPSA) is 67.8 Å². The molecule has 1 aromatic carbocycles. The summed E-state index contributed by atoms with van der Waals surface area (Å²) in [5, 5.41) is 3.79. The number of nitrogens with one attached hydrogen (secondary N) is 1. The van der Waals surface area contributed by atoms with Crippen LogP contribution >= 0.6 is 0 Å². The second-order valence-electron chi connectivity index (χ2n) is 5.87. The molecule has 26 heavy (non-hydrogen) atoms. The SMILES string of the molecule is O=C(NCc1ccccc1)c1ccc2cncc(-c3cccnc3)c2n1. The van der Waals surface area contributed by atoms with E-state index < -0.39 is 0 Å². The Kier molecular flexibility index (Phi) is 4.35. The number of aromatic nitrogens is 3. The summed E-state index contributed by atoms with van der Waals surface area (Å²) in [6.45, 7) is 0.463. The fraction of sp³-hybridized carbons (Fsp3) is 0.0476. The third-order valence-corrected chi connectivity index (χ3v) is 4.10. The Morgan fingerprint density at radius 2 is 1.77 bits per heavy atom. The van der Waals surface area contributed by atoms with Crippen molar-refractivity contribution in [1.29, 1.82) is 0 Å². The highest BCUT2D eigenvalue weighted by Crippen LogP contribution is 2.25. The van der Waals surface area contributed by atoms with Gasteiger partial charge in [0.15, 0.2) is 0 Å². The fourth-order valence-corrected chi connectivity index (χ4v) is 2.77. The van der Waals surface area contributed by atoms with E-state index >= 15 is 0 Å². The van der Waals surface area contributed by atoms with Gasteiger partial charge in [0.2, 0.25) is 0 Å². The molecule has 0 bridgehead atoms. The molecule has 0 aliphatic rings. The van der Waals surface area contributed by atoms with Gasteiger partial charge in [-0.2, -0.15) is 0 Å². The zero-order valence-electron chi connectivity index (χ0n) is 14.0. The number of pyridine rings is 3. The lowest BCUT2D eigenvalue weighted by Gasteiger charge is -2.08. The first-order valence-corrected chi connectivity index (χ1v) is 8.28. The van der Waals surface area contributed by atoms with E-state index in [0.717, 1.165) is 27.6 Å². The lowest BCUT2D eigenvalue weighted by molar-refractivity contribution is 0.0946. The van der Waals surface area contributed by atoms with Crippen LogP contribution in [0.2, 0.25) is 0 Å². The van der Waals surface area contributed by atoms with Gasteiger partial charge in [0.05, 0.1) is 5.52 Å². The van der Waals surface area contributed by atoms with Crippen LogP contribution < -0.4 is 5.32 Å². The first kappa shape index (κ1) is 15.9. The quantitative estimate of drug-likeness (QED) is 0.616. The van der Waals surface area contributed by atoms with Crippen molar-refractivity contribution in [2.24, 2.45) is 0 Å². The van der Waals surface area contributed by atoms with Crippen molar-refractivity contribution in [1.82, 2.24) is 20.3 Å². The average Bonchev–Trinajstić information content (AvgIpc) is 2.72. The van der Waals surface area contributed by atoms with Crippen molar-refractivity contribution in [3.05, 3.63) is 90.6 Å². The number of hydrogen-bond acceptors (Lipinski definition) is 4. The van der Waals surface area contributed by atoms with Gasteiger partial charge in [0, 0.05) is 47.8 Å². The number of fused-ring (bicyclic) bond motifs is 1. The number of carbonyl (C=O) groups is 1. The maximum atomic E-state index is 12.5. The Morgan fingerprint density at radius 3 is 2.58 bits per heavy atom. The summed E-state index contributed by atoms with van der Waals surface area (Å²) in [7, 11) is 0. The monoisotopic (exact) mass is 340 g/mol. The fourth-order valence-electron chi connectivity index (χ4n) is 2.77. The molecule has 0 aliphatic carbocycles. The van der Waals surface area contributed by atoms with Crippen LogP contribution in [0.25, 0.3) is 22.0 Å². The number of nitrogens with zero attached hydrogens (tertiary/aromatic N) is 3. The minimum atomic E-state index is -0.204. The molecule has 0 unspecified atom stereocenters. The van der Waals surface area contributed by atoms with Crippen molar-refractivity contribution in [2.75, 3.05) is 0 Å². The van der Waals surface area contributed by atoms with Crippen LogP contribution in [0.4, 0.5) is 0 Å². The normalized spacial score (nSPS) is 10.6. The van der Waals surface area contributed by atoms with Crippen LogP contribution in [0.3, 0.4) is 0 Å². The molecule has 4 rings (SSSR count). The van der Waals surface area contributed by atoms with Gasteiger partial charge in [-0.1, -0.05) is 36.4 Å². The molecule has 1 N–H and O–H groups in total. The molecule has 0 fully saturated rings. The lowest BCUT2D eigenvalue weighted by Crippen LogP contribution is -2.23. The molecular formula is C21H16N4O. The number of rotatable bonds is 4. The van der Waals surface area contributed by atoms with Crippen molar-refractivity contribution in [2.45, 2.75) is 6.54 Å². The van der Waals surface area contributed by atoms with Gasteiger partial charge in [0.1, 0.15) is 5.69 Å². The van der Waals surface area contributed by atoms with Gasteiger partial charge in [0.25, 0.3) is 5.91 Å². The highest BCUT2D eigenvalue weighted by molar-refractivity contribution is 5.98. The van der Waals surface area contributed by atoms with E-state index in [1.54, 1.807) is 30.9 Å². The van der Waals surface area contributed by atoms with Crippen LogP contribution in [0, 0.1) is 0 Å². The van der Waals surface area contributed by atoms with Gasteiger partial charge < -0.3 is 5.32 Å². The largest absolute Gasteiger partial charge is 0.347 e. The standard InChI is InChI=1S/C21H16N4O/c26-21(24-11-15-5-2-1-3-6-15)19-9-8-17-13-23-14-18(20(17)25-19)16-7-4-10-22-12-16/h1-10,12-14H,11H2,(H,24,26). The van der Waals surface area contributed by atoms with E-state index in [0.29, 0.717) is 12.2 Å². The molecule has 126 valence electrons. The number of hydrogen-bond donors (Lipinski definition) is 1. The van der Waals surface area contributed by atoms with Gasteiger partial charge in [-0.3, -0.25) is 14.8 Å². The Hall–Kier alpha value is -3.60. The Balaban J connectivity index is 1.65. The zero-order chi connectivity index (χ0) is 17.8. The molecule has 5 heteroatoms. The van der Waals surface area contributed by atoms with Crippen LogP contribution in [-0.2, 0) is 6.54 Å². The average molecular weight is 340 g/mol. The van der Waals surface area contributed by atoms with Gasteiger partial charge in [-0.15, -0.1) is 0 Å². The first-order chi connectivity index (χ1) is 12.8. The summed E-state index contributed by atoms with van der Waals surface area (Å²) >= 11 is 0. The van der Waals surface area contributed by atoms with Crippen molar-refractivity contribution < 1.29 is 4.79 Å². The highest BCUT2D eigenvalue weighted by Gasteiger charge is 2.11. The molecule has 0 spiro atoms. The van der Waals surface area contributed by atoms with E-state index in [1.165, 1.54) is 0 Å². The maximum Gasteiger partial charge on any atom is 0.270 e. The molecule has 0 atom stereocenters. The molecule has 0 radical (unpaired) electrons. The third-order valence-electron chi connectivity index (χ3n) is 4.10. The van der Waals surface area contributed by atoms with Gasteiger partial charge in [-0.05, 0) is 23.8 Å². The van der Waals surface area contributed by atoms with E-state index in [9.17, 15) is 4.79 Å². The molecule has 0 aliphatic heterocycles. The number of benzene rings is 1. The van der Waals surface area contributed by atoms with E-state index in [2.05, 4.69) is 20.3 Å². The summed E-state index contributed by atoms with van der Waals surface area (Å²) in [6.07, 6.45) is 6.98. The van der Waals surface area contributed by atoms with Gasteiger partial charge >= 0.3 is 0 Å². The van der Waals surface area contributed by atoms with Crippen LogP contribution in [0.5, 0.6) is 0 Å². The molecule has 4 aromatic rings. The van der Waals surface area contributed by atoms with Crippen LogP contribution in [0.15, 0.2) is 79.4 Å². The van der Waals surface area contributed by atoms with E-state index in [1.807, 2.05) is 48.5 Å². The molecule has 0 saturated heterocycles. The molecule has 5 nitrogen and oxygen atoms in total. The minimum absolute atomic E-state index is 0.204. The molecule has 3 heterocycles. The van der Waals surface area contributed by atoms with Crippen LogP contribution in [-0.4, -0.2) is 20.9 Å². The van der Waals surface area contributed by atoms with E-state index in [-0.39, 0.29) is 5.91 Å². The predicted molar refractivity (Wildman–Crippen MR) is 100 cm³/mol. The number of amides is 1. The van der Waals surface area contributed by atoms with Gasteiger partial charge in [-0.25, -0.2) is 4.98 Å². The van der Waals surface area contributed by atoms with E-state index in [4.69, 9.17) is 0 Å². The lowest BCUT2D eigenvalue weighted by atomic mass is 10.1. The molecule has 1 amide bonds. The second kappa shape index (κ2) is 7.11. The van der Waals surface area contributed by atoms with Crippen molar-refractivity contribution in [3.63, 3.8) is 0 Å². The third kappa shape index (κ3) is 3.28. The first-order valence-electron chi connectivity index (χ1n) is 8.28. The Labute approximate surface area is 150 Å². The van der Waals surface area contributed by atoms with Crippen molar-refractivity contribution in [3.8, 4) is 11.1 Å². The van der Waals surface area contributed by atoms with Crippen molar-refractivity contribution >= 4 is 16.8 Å². The summed E-state index contributed by atoms with van der Waals surface area (Å²) < 4.78 is 0. The van der Waals surface area contributed by atoms with Crippen LogP contribution in [0.1, 0.15) is 16.1 Å². The Morgan fingerprint density at radius 1 is 0.885 bits per heavy atom. The minimum Gasteiger partial charge on any atom is -0.347 e. The maximum absolute atomic E-state index is 12.5. The zero-order valence-corrected chi connectivity index (χ0v) is 14.0. The summed E-state index contributed by atoms with van der Waals surface area (Å²) in [5.74, 6) is -0.204. The highest BCUT2D eigenvalue weighted by atomic mass is 16.1. The predicted octanol–water partition coefficient (Wildman–Crippen LogP) is 3.62. The molecule has 0 saturated carbocycles. The molecule has 3 aromatic heterocycles.